The molecule has 0 bridgehead atoms. The number of rotatable bonds is 7. The van der Waals surface area contributed by atoms with Gasteiger partial charge >= 0.3 is 5.97 Å². The maximum Gasteiger partial charge on any atom is 0.303 e. The minimum atomic E-state index is -0.736. The van der Waals surface area contributed by atoms with Crippen LogP contribution < -0.4 is 0 Å². The molecular weight excluding hydrogens is 272 g/mol. The molecule has 0 saturated heterocycles. The van der Waals surface area contributed by atoms with Crippen molar-refractivity contribution in [3.8, 4) is 0 Å². The van der Waals surface area contributed by atoms with Crippen molar-refractivity contribution in [3.63, 3.8) is 0 Å². The summed E-state index contributed by atoms with van der Waals surface area (Å²) in [6, 6.07) is 7.70. The number of aliphatic carboxylic acids is 1. The quantitative estimate of drug-likeness (QED) is 0.554. The van der Waals surface area contributed by atoms with E-state index in [0.29, 0.717) is 6.42 Å². The van der Waals surface area contributed by atoms with E-state index in [1.54, 1.807) is 0 Å². The highest BCUT2D eigenvalue weighted by Crippen LogP contribution is 2.22. The topological polar surface area (TPSA) is 37.3 Å². The van der Waals surface area contributed by atoms with E-state index in [2.05, 4.69) is 38.2 Å². The van der Waals surface area contributed by atoms with E-state index in [1.165, 1.54) is 0 Å². The number of unbranched alkanes of at least 4 members (excludes halogenated alkanes) is 1. The molecule has 0 saturated carbocycles. The lowest BCUT2D eigenvalue weighted by Crippen LogP contribution is -2.01. The smallest absolute Gasteiger partial charge is 0.303 e. The number of hydrogen-bond acceptors (Lipinski definition) is 1. The third-order valence-electron chi connectivity index (χ3n) is 2.88. The maximum atomic E-state index is 10.4. The van der Waals surface area contributed by atoms with Crippen molar-refractivity contribution in [2.24, 2.45) is 5.41 Å². The Kier molecular flexibility index (Phi) is 6.53. The summed E-state index contributed by atoms with van der Waals surface area (Å²) in [6.07, 6.45) is 10.1. The molecule has 0 aromatic heterocycles. The Morgan fingerprint density at radius 2 is 1.90 bits per heavy atom. The highest BCUT2D eigenvalue weighted by Gasteiger charge is 2.08. The van der Waals surface area contributed by atoms with Gasteiger partial charge in [0.15, 0.2) is 0 Å². The van der Waals surface area contributed by atoms with Gasteiger partial charge in [-0.15, -0.1) is 0 Å². The van der Waals surface area contributed by atoms with Crippen LogP contribution in [0.1, 0.15) is 38.7 Å². The predicted octanol–water partition coefficient (Wildman–Crippen LogP) is 5.19. The van der Waals surface area contributed by atoms with Crippen LogP contribution in [0, 0.1) is 5.41 Å². The molecule has 1 N–H and O–H groups in total. The van der Waals surface area contributed by atoms with Crippen LogP contribution in [-0.4, -0.2) is 11.1 Å². The summed E-state index contributed by atoms with van der Waals surface area (Å²) >= 11 is 5.85. The van der Waals surface area contributed by atoms with E-state index in [9.17, 15) is 4.79 Å². The van der Waals surface area contributed by atoms with Crippen LogP contribution in [0.4, 0.5) is 0 Å². The first-order valence-electron chi connectivity index (χ1n) is 6.73. The number of halogens is 1. The molecule has 0 spiro atoms. The van der Waals surface area contributed by atoms with Gasteiger partial charge in [0.1, 0.15) is 0 Å². The summed E-state index contributed by atoms with van der Waals surface area (Å²) in [5.41, 5.74) is 1.06. The normalized spacial score (nSPS) is 12.3. The first kappa shape index (κ1) is 16.5. The number of carbonyl (C=O) groups is 1. The number of hydrogen-bond donors (Lipinski definition) is 1. The monoisotopic (exact) mass is 292 g/mol. The zero-order valence-electron chi connectivity index (χ0n) is 12.0. The van der Waals surface area contributed by atoms with E-state index in [-0.39, 0.29) is 11.8 Å². The van der Waals surface area contributed by atoms with Crippen LogP contribution >= 0.6 is 11.6 Å². The second-order valence-corrected chi connectivity index (χ2v) is 5.83. The lowest BCUT2D eigenvalue weighted by molar-refractivity contribution is -0.137. The Labute approximate surface area is 125 Å². The minimum absolute atomic E-state index is 0.0527. The molecule has 1 aromatic rings. The van der Waals surface area contributed by atoms with E-state index < -0.39 is 5.97 Å². The average molecular weight is 293 g/mol. The highest BCUT2D eigenvalue weighted by atomic mass is 35.5. The fraction of sp³-hybridized carbons (Fsp3) is 0.353. The predicted molar refractivity (Wildman–Crippen MR) is 84.9 cm³/mol. The van der Waals surface area contributed by atoms with E-state index >= 15 is 0 Å². The molecule has 1 aromatic carbocycles. The molecule has 0 aliphatic rings. The van der Waals surface area contributed by atoms with Crippen molar-refractivity contribution in [1.82, 2.24) is 0 Å². The fourth-order valence-electron chi connectivity index (χ4n) is 1.70. The summed E-state index contributed by atoms with van der Waals surface area (Å²) in [7, 11) is 0. The maximum absolute atomic E-state index is 10.4. The molecule has 0 aliphatic heterocycles. The van der Waals surface area contributed by atoms with E-state index in [0.717, 1.165) is 17.0 Å². The molecule has 20 heavy (non-hydrogen) atoms. The zero-order valence-corrected chi connectivity index (χ0v) is 12.7. The zero-order chi connectivity index (χ0) is 15.0. The summed E-state index contributed by atoms with van der Waals surface area (Å²) < 4.78 is 0. The molecule has 0 heterocycles. The second-order valence-electron chi connectivity index (χ2n) is 5.39. The van der Waals surface area contributed by atoms with Gasteiger partial charge in [-0.05, 0) is 30.5 Å². The highest BCUT2D eigenvalue weighted by molar-refractivity contribution is 6.30. The fourth-order valence-corrected chi connectivity index (χ4v) is 1.82. The van der Waals surface area contributed by atoms with Crippen LogP contribution in [0.15, 0.2) is 42.5 Å². The van der Waals surface area contributed by atoms with Crippen LogP contribution in [-0.2, 0) is 4.79 Å². The van der Waals surface area contributed by atoms with Crippen molar-refractivity contribution < 1.29 is 9.90 Å². The van der Waals surface area contributed by atoms with Gasteiger partial charge in [-0.25, -0.2) is 0 Å². The van der Waals surface area contributed by atoms with Crippen LogP contribution in [0.25, 0.3) is 6.08 Å². The number of carboxylic acid groups (broad SMARTS) is 1. The Bertz CT molecular complexity index is 484. The van der Waals surface area contributed by atoms with E-state index in [1.807, 2.05) is 24.3 Å². The van der Waals surface area contributed by atoms with Gasteiger partial charge in [-0.3, -0.25) is 4.79 Å². The van der Waals surface area contributed by atoms with Gasteiger partial charge in [0.2, 0.25) is 0 Å². The van der Waals surface area contributed by atoms with Crippen LogP contribution in [0.5, 0.6) is 0 Å². The Morgan fingerprint density at radius 1 is 1.25 bits per heavy atom. The van der Waals surface area contributed by atoms with E-state index in [4.69, 9.17) is 16.7 Å². The largest absolute Gasteiger partial charge is 0.481 e. The molecule has 0 amide bonds. The van der Waals surface area contributed by atoms with Gasteiger partial charge in [-0.2, -0.15) is 0 Å². The number of carboxylic acids is 1. The van der Waals surface area contributed by atoms with Crippen molar-refractivity contribution in [1.29, 1.82) is 0 Å². The molecule has 0 atom stereocenters. The Hall–Kier alpha value is -1.54. The molecule has 0 fully saturated rings. The first-order valence-corrected chi connectivity index (χ1v) is 7.11. The molecule has 1 rings (SSSR count). The molecular formula is C17H21ClO2. The van der Waals surface area contributed by atoms with Crippen LogP contribution in [0.2, 0.25) is 5.02 Å². The van der Waals surface area contributed by atoms with Crippen molar-refractivity contribution in [2.75, 3.05) is 0 Å². The molecule has 0 radical (unpaired) electrons. The minimum Gasteiger partial charge on any atom is -0.481 e. The molecule has 108 valence electrons. The summed E-state index contributed by atoms with van der Waals surface area (Å²) in [5.74, 6) is -0.736. The standard InChI is InChI=1S/C17H21ClO2/c1-17(2,12-5-3-4-6-16(19)20)13-11-14-7-9-15(18)10-8-14/h5,7-13H,3-4,6H2,1-2H3,(H,19,20). The third-order valence-corrected chi connectivity index (χ3v) is 3.14. The summed E-state index contributed by atoms with van der Waals surface area (Å²) in [5, 5.41) is 9.29. The number of allylic oxidation sites excluding steroid dienone is 3. The van der Waals surface area contributed by atoms with Crippen molar-refractivity contribution in [3.05, 3.63) is 53.1 Å². The second kappa shape index (κ2) is 7.91. The molecule has 2 nitrogen and oxygen atoms in total. The first-order chi connectivity index (χ1) is 9.39. The lowest BCUT2D eigenvalue weighted by atomic mass is 9.91. The lowest BCUT2D eigenvalue weighted by Gasteiger charge is -2.14. The summed E-state index contributed by atoms with van der Waals surface area (Å²) in [4.78, 5) is 10.4. The molecule has 3 heteroatoms. The molecule has 0 aliphatic carbocycles. The third kappa shape index (κ3) is 7.15. The van der Waals surface area contributed by atoms with Crippen LogP contribution in [0.3, 0.4) is 0 Å². The summed E-state index contributed by atoms with van der Waals surface area (Å²) in [6.45, 7) is 4.24. The van der Waals surface area contributed by atoms with Crippen molar-refractivity contribution in [2.45, 2.75) is 33.1 Å². The van der Waals surface area contributed by atoms with Crippen molar-refractivity contribution >= 4 is 23.6 Å². The Morgan fingerprint density at radius 3 is 2.50 bits per heavy atom. The van der Waals surface area contributed by atoms with Gasteiger partial charge in [0.05, 0.1) is 0 Å². The van der Waals surface area contributed by atoms with Gasteiger partial charge in [0.25, 0.3) is 0 Å². The average Bonchev–Trinajstić information content (AvgIpc) is 2.37. The number of benzene rings is 1. The molecule has 0 unspecified atom stereocenters. The Balaban J connectivity index is 2.49. The van der Waals surface area contributed by atoms with Gasteiger partial charge < -0.3 is 5.11 Å². The van der Waals surface area contributed by atoms with Gasteiger partial charge in [-0.1, -0.05) is 61.9 Å². The SMILES string of the molecule is CC(C)(C=CCCCC(=O)O)C=Cc1ccc(Cl)cc1. The van der Waals surface area contributed by atoms with Gasteiger partial charge in [0, 0.05) is 16.9 Å².